The van der Waals surface area contributed by atoms with E-state index in [2.05, 4.69) is 36.4 Å². The summed E-state index contributed by atoms with van der Waals surface area (Å²) in [7, 11) is 0. The van der Waals surface area contributed by atoms with E-state index in [9.17, 15) is 9.59 Å². The fourth-order valence-corrected chi connectivity index (χ4v) is 2.35. The highest BCUT2D eigenvalue weighted by Crippen LogP contribution is 2.20. The van der Waals surface area contributed by atoms with Crippen molar-refractivity contribution in [2.45, 2.75) is 19.0 Å². The zero-order valence-corrected chi connectivity index (χ0v) is 13.8. The van der Waals surface area contributed by atoms with Crippen LogP contribution in [0.4, 0.5) is 5.69 Å². The van der Waals surface area contributed by atoms with Gasteiger partial charge in [0.2, 0.25) is 5.91 Å². The van der Waals surface area contributed by atoms with E-state index in [1.807, 2.05) is 25.1 Å². The number of aromatic amines is 1. The Balaban J connectivity index is 1.94. The molecular formula is C13H13BrN4O2S. The molecule has 0 saturated heterocycles. The molecule has 2 N–H and O–H groups in total. The molecule has 0 spiro atoms. The average molecular weight is 369 g/mol. The Morgan fingerprint density at radius 2 is 2.14 bits per heavy atom. The molecular weight excluding hydrogens is 356 g/mol. The number of aromatic nitrogens is 3. The van der Waals surface area contributed by atoms with Crippen LogP contribution in [0.15, 0.2) is 32.6 Å². The van der Waals surface area contributed by atoms with Gasteiger partial charge in [-0.3, -0.25) is 14.6 Å². The number of aryl methyl sites for hydroxylation is 2. The third-order valence-corrected chi connectivity index (χ3v) is 4.38. The number of thioether (sulfide) groups is 1. The second kappa shape index (κ2) is 6.86. The van der Waals surface area contributed by atoms with Crippen molar-refractivity contribution >= 4 is 39.3 Å². The first-order valence-corrected chi connectivity index (χ1v) is 7.86. The van der Waals surface area contributed by atoms with Gasteiger partial charge in [-0.1, -0.05) is 27.7 Å². The van der Waals surface area contributed by atoms with E-state index in [1.54, 1.807) is 6.92 Å². The molecule has 6 nitrogen and oxygen atoms in total. The van der Waals surface area contributed by atoms with E-state index in [-0.39, 0.29) is 17.2 Å². The lowest BCUT2D eigenvalue weighted by atomic mass is 10.2. The van der Waals surface area contributed by atoms with Gasteiger partial charge in [-0.2, -0.15) is 0 Å². The number of amides is 1. The summed E-state index contributed by atoms with van der Waals surface area (Å²) in [6.45, 7) is 3.52. The molecule has 21 heavy (non-hydrogen) atoms. The highest BCUT2D eigenvalue weighted by Gasteiger charge is 2.07. The van der Waals surface area contributed by atoms with Crippen LogP contribution < -0.4 is 10.9 Å². The van der Waals surface area contributed by atoms with E-state index in [1.165, 1.54) is 0 Å². The molecule has 1 aromatic carbocycles. The Kier molecular flexibility index (Phi) is 5.13. The number of nitrogens with zero attached hydrogens (tertiary/aromatic N) is 2. The number of hydrogen-bond acceptors (Lipinski definition) is 5. The predicted molar refractivity (Wildman–Crippen MR) is 85.6 cm³/mol. The van der Waals surface area contributed by atoms with E-state index >= 15 is 0 Å². The van der Waals surface area contributed by atoms with Gasteiger partial charge in [0.05, 0.1) is 5.75 Å². The van der Waals surface area contributed by atoms with Crippen molar-refractivity contribution in [3.8, 4) is 0 Å². The summed E-state index contributed by atoms with van der Waals surface area (Å²) in [5.41, 5.74) is 1.77. The second-order valence-electron chi connectivity index (χ2n) is 4.35. The number of hydrogen-bond donors (Lipinski definition) is 2. The van der Waals surface area contributed by atoms with Gasteiger partial charge >= 0.3 is 0 Å². The number of carbonyl (C=O) groups excluding carboxylic acids is 1. The lowest BCUT2D eigenvalue weighted by Crippen LogP contribution is -2.17. The number of rotatable bonds is 4. The standard InChI is InChI=1S/C13H13BrN4O2S/c1-7-5-9(3-4-10(7)14)15-11(19)6-21-13-16-12(20)8(2)17-18-13/h3-5H,6H2,1-2H3,(H,15,19)(H,16,18,20). The van der Waals surface area contributed by atoms with Crippen LogP contribution in [0.25, 0.3) is 0 Å². The fraction of sp³-hybridized carbons (Fsp3) is 0.231. The van der Waals surface area contributed by atoms with Gasteiger partial charge in [-0.05, 0) is 37.6 Å². The van der Waals surface area contributed by atoms with Gasteiger partial charge in [-0.25, -0.2) is 0 Å². The Morgan fingerprint density at radius 1 is 1.38 bits per heavy atom. The molecule has 1 amide bonds. The maximum atomic E-state index is 11.9. The van der Waals surface area contributed by atoms with E-state index in [0.717, 1.165) is 27.5 Å². The summed E-state index contributed by atoms with van der Waals surface area (Å²) in [5, 5.41) is 10.6. The molecule has 1 aromatic heterocycles. The van der Waals surface area contributed by atoms with Gasteiger partial charge in [0.1, 0.15) is 5.69 Å². The van der Waals surface area contributed by atoms with Crippen LogP contribution in [0.3, 0.4) is 0 Å². The van der Waals surface area contributed by atoms with Gasteiger partial charge < -0.3 is 5.32 Å². The smallest absolute Gasteiger partial charge is 0.273 e. The van der Waals surface area contributed by atoms with E-state index in [0.29, 0.717) is 10.9 Å². The van der Waals surface area contributed by atoms with Crippen LogP contribution >= 0.6 is 27.7 Å². The van der Waals surface area contributed by atoms with Crippen LogP contribution in [0.1, 0.15) is 11.3 Å². The highest BCUT2D eigenvalue weighted by molar-refractivity contribution is 9.10. The third kappa shape index (κ3) is 4.40. The van der Waals surface area contributed by atoms with Crippen molar-refractivity contribution in [2.75, 3.05) is 11.1 Å². The molecule has 8 heteroatoms. The van der Waals surface area contributed by atoms with Crippen molar-refractivity contribution in [3.63, 3.8) is 0 Å². The molecule has 0 fully saturated rings. The van der Waals surface area contributed by atoms with Crippen LogP contribution in [0.2, 0.25) is 0 Å². The maximum Gasteiger partial charge on any atom is 0.273 e. The summed E-state index contributed by atoms with van der Waals surface area (Å²) >= 11 is 4.53. The fourth-order valence-electron chi connectivity index (χ4n) is 1.50. The van der Waals surface area contributed by atoms with Crippen molar-refractivity contribution in [2.24, 2.45) is 0 Å². The van der Waals surface area contributed by atoms with Gasteiger partial charge in [0.15, 0.2) is 5.16 Å². The molecule has 0 aliphatic rings. The third-order valence-electron chi connectivity index (χ3n) is 2.62. The lowest BCUT2D eigenvalue weighted by molar-refractivity contribution is -0.113. The second-order valence-corrected chi connectivity index (χ2v) is 6.16. The summed E-state index contributed by atoms with van der Waals surface area (Å²) in [4.78, 5) is 25.8. The molecule has 2 rings (SSSR count). The Hall–Kier alpha value is -1.67. The minimum atomic E-state index is -0.295. The van der Waals surface area contributed by atoms with Crippen LogP contribution in [0.5, 0.6) is 0 Å². The molecule has 110 valence electrons. The first kappa shape index (κ1) is 15.7. The molecule has 2 aromatic rings. The van der Waals surface area contributed by atoms with Crippen molar-refractivity contribution in [1.82, 2.24) is 15.2 Å². The van der Waals surface area contributed by atoms with Crippen LogP contribution in [0, 0.1) is 13.8 Å². The number of carbonyl (C=O) groups is 1. The van der Waals surface area contributed by atoms with Crippen molar-refractivity contribution < 1.29 is 4.79 Å². The van der Waals surface area contributed by atoms with Crippen molar-refractivity contribution in [1.29, 1.82) is 0 Å². The Labute approximate surface area is 133 Å². The lowest BCUT2D eigenvalue weighted by Gasteiger charge is -2.06. The molecule has 0 aliphatic heterocycles. The SMILES string of the molecule is Cc1cc(NC(=O)CSc2nnc(C)c(=O)[nH]2)ccc1Br. The Bertz CT molecular complexity index is 732. The quantitative estimate of drug-likeness (QED) is 0.808. The molecule has 0 saturated carbocycles. The zero-order chi connectivity index (χ0) is 15.4. The molecule has 0 bridgehead atoms. The normalized spacial score (nSPS) is 10.4. The minimum Gasteiger partial charge on any atom is -0.325 e. The molecule has 0 radical (unpaired) electrons. The topological polar surface area (TPSA) is 87.7 Å². The van der Waals surface area contributed by atoms with Crippen LogP contribution in [-0.4, -0.2) is 26.8 Å². The summed E-state index contributed by atoms with van der Waals surface area (Å²) in [6, 6.07) is 5.56. The first-order valence-electron chi connectivity index (χ1n) is 6.08. The number of benzene rings is 1. The van der Waals surface area contributed by atoms with Gasteiger partial charge in [0.25, 0.3) is 5.56 Å². The number of H-pyrrole nitrogens is 1. The van der Waals surface area contributed by atoms with Crippen molar-refractivity contribution in [3.05, 3.63) is 44.3 Å². The minimum absolute atomic E-state index is 0.142. The van der Waals surface area contributed by atoms with Gasteiger partial charge in [-0.15, -0.1) is 10.2 Å². The summed E-state index contributed by atoms with van der Waals surface area (Å²) in [6.07, 6.45) is 0. The number of halogens is 1. The molecule has 0 atom stereocenters. The first-order chi connectivity index (χ1) is 9.95. The van der Waals surface area contributed by atoms with E-state index < -0.39 is 0 Å². The zero-order valence-electron chi connectivity index (χ0n) is 11.4. The molecule has 0 unspecified atom stereocenters. The Morgan fingerprint density at radius 3 is 2.81 bits per heavy atom. The predicted octanol–water partition coefficient (Wildman–Crippen LogP) is 2.28. The largest absolute Gasteiger partial charge is 0.325 e. The van der Waals surface area contributed by atoms with Crippen LogP contribution in [-0.2, 0) is 4.79 Å². The monoisotopic (exact) mass is 368 g/mol. The summed E-state index contributed by atoms with van der Waals surface area (Å²) in [5.74, 6) is -0.0343. The highest BCUT2D eigenvalue weighted by atomic mass is 79.9. The van der Waals surface area contributed by atoms with E-state index in [4.69, 9.17) is 0 Å². The summed E-state index contributed by atoms with van der Waals surface area (Å²) < 4.78 is 0.988. The molecule has 0 aliphatic carbocycles. The van der Waals surface area contributed by atoms with Gasteiger partial charge in [0, 0.05) is 10.2 Å². The average Bonchev–Trinajstić information content (AvgIpc) is 2.44. The maximum absolute atomic E-state index is 11.9. The molecule has 1 heterocycles. The number of nitrogens with one attached hydrogen (secondary N) is 2. The number of anilines is 1.